The lowest BCUT2D eigenvalue weighted by Crippen LogP contribution is -2.25. The smallest absolute Gasteiger partial charge is 0.267 e. The van der Waals surface area contributed by atoms with Gasteiger partial charge >= 0.3 is 0 Å². The van der Waals surface area contributed by atoms with Crippen molar-refractivity contribution in [1.82, 2.24) is 0 Å². The average Bonchev–Trinajstić information content (AvgIpc) is 2.27. The van der Waals surface area contributed by atoms with Crippen molar-refractivity contribution in [1.29, 1.82) is 0 Å². The third kappa shape index (κ3) is 0.983. The number of amides is 1. The predicted octanol–water partition coefficient (Wildman–Crippen LogP) is -2.11. The van der Waals surface area contributed by atoms with Crippen LogP contribution in [0.15, 0.2) is 23.2 Å². The van der Waals surface area contributed by atoms with Crippen LogP contribution in [0.2, 0.25) is 0 Å². The van der Waals surface area contributed by atoms with Crippen molar-refractivity contribution in [2.75, 3.05) is 0 Å². The number of benzene rings is 1. The number of hydrogen-bond donors (Lipinski definition) is 0. The number of hydrogen-bond acceptors (Lipinski definition) is 1. The van der Waals surface area contributed by atoms with Gasteiger partial charge in [0.15, 0.2) is 0 Å². The number of carbonyl (C=O) groups is 1. The van der Waals surface area contributed by atoms with Gasteiger partial charge in [0.1, 0.15) is 7.85 Å². The quantitative estimate of drug-likeness (QED) is 0.382. The number of nitrogens with zero attached hydrogens (tertiary/aromatic N) is 1. The van der Waals surface area contributed by atoms with E-state index in [0.717, 1.165) is 16.0 Å². The first-order valence-electron chi connectivity index (χ1n) is 3.47. The summed E-state index contributed by atoms with van der Waals surface area (Å²) in [5.74, 6) is -0.148. The molecule has 0 aliphatic carbocycles. The summed E-state index contributed by atoms with van der Waals surface area (Å²) in [5, 5.41) is 1.73. The molecule has 0 saturated carbocycles. The van der Waals surface area contributed by atoms with Gasteiger partial charge in [-0.3, -0.25) is 4.79 Å². The maximum Gasteiger partial charge on any atom is 0.270 e. The van der Waals surface area contributed by atoms with Crippen molar-refractivity contribution in [2.45, 2.75) is 0 Å². The van der Waals surface area contributed by atoms with Gasteiger partial charge in [-0.25, -0.2) is 4.99 Å². The van der Waals surface area contributed by atoms with E-state index in [1.807, 2.05) is 26.0 Å². The van der Waals surface area contributed by atoms with Gasteiger partial charge in [-0.2, -0.15) is 0 Å². The van der Waals surface area contributed by atoms with Gasteiger partial charge < -0.3 is 0 Å². The molecule has 0 radical (unpaired) electrons. The summed E-state index contributed by atoms with van der Waals surface area (Å²) in [6, 6.07) is 5.80. The highest BCUT2D eigenvalue weighted by Crippen LogP contribution is 1.80. The maximum absolute atomic E-state index is 10.8. The molecule has 2 rings (SSSR count). The molecular formula is C8H6BNO. The van der Waals surface area contributed by atoms with E-state index >= 15 is 0 Å². The number of rotatable bonds is 0. The fourth-order valence-corrected chi connectivity index (χ4v) is 1.16. The first kappa shape index (κ1) is 6.34. The van der Waals surface area contributed by atoms with E-state index in [9.17, 15) is 4.79 Å². The van der Waals surface area contributed by atoms with E-state index in [0.29, 0.717) is 0 Å². The molecule has 0 spiro atoms. The van der Waals surface area contributed by atoms with Gasteiger partial charge in [0.05, 0.1) is 5.36 Å². The minimum absolute atomic E-state index is 0.148. The second-order valence-electron chi connectivity index (χ2n) is 2.66. The van der Waals surface area contributed by atoms with Crippen LogP contribution in [0.3, 0.4) is 0 Å². The van der Waals surface area contributed by atoms with Gasteiger partial charge in [0.25, 0.3) is 5.91 Å². The summed E-state index contributed by atoms with van der Waals surface area (Å²) in [6.07, 6.45) is 1.55. The lowest BCUT2D eigenvalue weighted by Gasteiger charge is -1.86. The third-order valence-electron chi connectivity index (χ3n) is 1.70. The molecule has 11 heavy (non-hydrogen) atoms. The van der Waals surface area contributed by atoms with E-state index in [-0.39, 0.29) is 5.91 Å². The molecule has 0 bridgehead atoms. The largest absolute Gasteiger partial charge is 0.270 e. The van der Waals surface area contributed by atoms with Crippen molar-refractivity contribution in [3.63, 3.8) is 0 Å². The standard InChI is InChI=1S/C8H6BNO/c9-6-2-1-5-3-8(11)10-7(5)4-6/h1-4H,9H2. The third-order valence-corrected chi connectivity index (χ3v) is 1.70. The van der Waals surface area contributed by atoms with Gasteiger partial charge in [0.2, 0.25) is 0 Å². The fourth-order valence-electron chi connectivity index (χ4n) is 1.16. The highest BCUT2D eigenvalue weighted by Gasteiger charge is 2.01. The zero-order chi connectivity index (χ0) is 7.84. The Hall–Kier alpha value is -1.38. The first-order valence-corrected chi connectivity index (χ1v) is 3.47. The lowest BCUT2D eigenvalue weighted by molar-refractivity contribution is -0.112. The van der Waals surface area contributed by atoms with Crippen LogP contribution in [0.4, 0.5) is 0 Å². The summed E-state index contributed by atoms with van der Waals surface area (Å²) < 4.78 is 0. The van der Waals surface area contributed by atoms with E-state index in [1.54, 1.807) is 6.08 Å². The SMILES string of the molecule is Bc1ccc2c(c1)=NC(=O)C=2. The van der Waals surface area contributed by atoms with E-state index in [1.165, 1.54) is 0 Å². The predicted molar refractivity (Wildman–Crippen MR) is 44.9 cm³/mol. The summed E-state index contributed by atoms with van der Waals surface area (Å²) in [6.45, 7) is 0. The van der Waals surface area contributed by atoms with Gasteiger partial charge in [-0.05, 0) is 6.07 Å². The molecule has 52 valence electrons. The molecule has 3 heteroatoms. The topological polar surface area (TPSA) is 29.4 Å². The molecule has 1 amide bonds. The summed E-state index contributed by atoms with van der Waals surface area (Å²) in [7, 11) is 1.98. The van der Waals surface area contributed by atoms with Crippen LogP contribution in [0.25, 0.3) is 6.08 Å². The molecule has 1 aliphatic rings. The average molecular weight is 143 g/mol. The van der Waals surface area contributed by atoms with Gasteiger partial charge in [-0.1, -0.05) is 17.6 Å². The zero-order valence-corrected chi connectivity index (χ0v) is 6.16. The van der Waals surface area contributed by atoms with Crippen molar-refractivity contribution >= 4 is 25.3 Å². The summed E-state index contributed by atoms with van der Waals surface area (Å²) in [4.78, 5) is 14.6. The Morgan fingerprint density at radius 1 is 1.36 bits per heavy atom. The van der Waals surface area contributed by atoms with Gasteiger partial charge in [0, 0.05) is 11.3 Å². The van der Waals surface area contributed by atoms with Crippen LogP contribution in [0, 0.1) is 0 Å². The van der Waals surface area contributed by atoms with Crippen LogP contribution in [0.1, 0.15) is 0 Å². The highest BCUT2D eigenvalue weighted by molar-refractivity contribution is 6.32. The Balaban J connectivity index is 2.89. The molecule has 1 aliphatic heterocycles. The number of carbonyl (C=O) groups excluding carboxylic acids is 1. The molecule has 1 aromatic rings. The molecule has 1 aromatic carbocycles. The van der Waals surface area contributed by atoms with Crippen LogP contribution in [-0.2, 0) is 4.79 Å². The molecule has 0 saturated heterocycles. The van der Waals surface area contributed by atoms with Crippen molar-refractivity contribution in [2.24, 2.45) is 4.99 Å². The minimum atomic E-state index is -0.148. The van der Waals surface area contributed by atoms with E-state index in [2.05, 4.69) is 4.99 Å². The Morgan fingerprint density at radius 3 is 3.00 bits per heavy atom. The molecule has 2 nitrogen and oxygen atoms in total. The van der Waals surface area contributed by atoms with Crippen molar-refractivity contribution in [3.05, 3.63) is 28.8 Å². The Kier molecular flexibility index (Phi) is 1.18. The first-order chi connectivity index (χ1) is 5.25. The highest BCUT2D eigenvalue weighted by atomic mass is 16.1. The Morgan fingerprint density at radius 2 is 2.18 bits per heavy atom. The number of fused-ring (bicyclic) bond motifs is 1. The maximum atomic E-state index is 10.8. The molecular weight excluding hydrogens is 137 g/mol. The zero-order valence-electron chi connectivity index (χ0n) is 6.16. The molecule has 0 N–H and O–H groups in total. The van der Waals surface area contributed by atoms with Crippen molar-refractivity contribution < 1.29 is 4.79 Å². The van der Waals surface area contributed by atoms with E-state index in [4.69, 9.17) is 0 Å². The van der Waals surface area contributed by atoms with Crippen LogP contribution >= 0.6 is 0 Å². The monoisotopic (exact) mass is 143 g/mol. The van der Waals surface area contributed by atoms with Crippen molar-refractivity contribution in [3.8, 4) is 0 Å². The normalized spacial score (nSPS) is 13.6. The molecule has 1 heterocycles. The van der Waals surface area contributed by atoms with Crippen LogP contribution in [-0.4, -0.2) is 13.8 Å². The van der Waals surface area contributed by atoms with Crippen LogP contribution in [0.5, 0.6) is 0 Å². The second kappa shape index (κ2) is 2.05. The Labute approximate surface area is 64.7 Å². The molecule has 0 fully saturated rings. The molecule has 0 unspecified atom stereocenters. The molecule has 0 atom stereocenters. The molecule has 0 aromatic heterocycles. The van der Waals surface area contributed by atoms with Gasteiger partial charge in [-0.15, -0.1) is 0 Å². The van der Waals surface area contributed by atoms with E-state index < -0.39 is 0 Å². The second-order valence-corrected chi connectivity index (χ2v) is 2.66. The van der Waals surface area contributed by atoms with Crippen LogP contribution < -0.4 is 16.0 Å². The fraction of sp³-hybridized carbons (Fsp3) is 0. The summed E-state index contributed by atoms with van der Waals surface area (Å²) >= 11 is 0. The summed E-state index contributed by atoms with van der Waals surface area (Å²) in [5.41, 5.74) is 1.13. The Bertz CT molecular complexity index is 436. The lowest BCUT2D eigenvalue weighted by atomic mass is 9.96. The minimum Gasteiger partial charge on any atom is -0.267 e.